The molecule has 0 saturated heterocycles. The number of aromatic amines is 1. The van der Waals surface area contributed by atoms with Crippen molar-refractivity contribution in [1.82, 2.24) is 14.9 Å². The van der Waals surface area contributed by atoms with E-state index in [1.165, 1.54) is 0 Å². The highest BCUT2D eigenvalue weighted by Gasteiger charge is 2.19. The third-order valence-corrected chi connectivity index (χ3v) is 3.92. The number of fused-ring (bicyclic) bond motifs is 1. The van der Waals surface area contributed by atoms with E-state index in [1.807, 2.05) is 19.2 Å². The Labute approximate surface area is 128 Å². The zero-order chi connectivity index (χ0) is 15.7. The molecule has 0 spiro atoms. The van der Waals surface area contributed by atoms with E-state index in [0.29, 0.717) is 23.9 Å². The molecule has 6 nitrogen and oxygen atoms in total. The molecule has 6 heteroatoms. The molecule has 0 amide bonds. The molecular weight excluding hydrogens is 282 g/mol. The number of methoxy groups -OCH3 is 2. The van der Waals surface area contributed by atoms with Crippen LogP contribution in [0.25, 0.3) is 11.4 Å². The van der Waals surface area contributed by atoms with Gasteiger partial charge in [-0.05, 0) is 25.2 Å². The topological polar surface area (TPSA) is 67.5 Å². The van der Waals surface area contributed by atoms with Gasteiger partial charge < -0.3 is 19.4 Å². The van der Waals surface area contributed by atoms with E-state index < -0.39 is 0 Å². The summed E-state index contributed by atoms with van der Waals surface area (Å²) in [6.07, 6.45) is 0.788. The summed E-state index contributed by atoms with van der Waals surface area (Å²) in [7, 11) is 5.18. The molecule has 0 fully saturated rings. The minimum absolute atomic E-state index is 0.0682. The number of H-pyrrole nitrogens is 1. The number of hydrogen-bond acceptors (Lipinski definition) is 5. The molecule has 0 radical (unpaired) electrons. The van der Waals surface area contributed by atoms with Gasteiger partial charge in [-0.2, -0.15) is 0 Å². The van der Waals surface area contributed by atoms with Gasteiger partial charge in [0.1, 0.15) is 5.82 Å². The fourth-order valence-electron chi connectivity index (χ4n) is 2.68. The fraction of sp³-hybridized carbons (Fsp3) is 0.375. The number of likely N-dealkylation sites (N-methyl/N-ethyl adjacent to an activating group) is 1. The average molecular weight is 301 g/mol. The third kappa shape index (κ3) is 2.57. The number of hydrogen-bond donors (Lipinski definition) is 1. The van der Waals surface area contributed by atoms with Crippen LogP contribution in [0.15, 0.2) is 23.0 Å². The summed E-state index contributed by atoms with van der Waals surface area (Å²) in [5.41, 5.74) is 2.38. The maximum atomic E-state index is 12.3. The summed E-state index contributed by atoms with van der Waals surface area (Å²) < 4.78 is 10.5. The Morgan fingerprint density at radius 1 is 1.23 bits per heavy atom. The molecule has 1 aromatic carbocycles. The first-order chi connectivity index (χ1) is 10.6. The molecule has 1 aliphatic rings. The summed E-state index contributed by atoms with van der Waals surface area (Å²) >= 11 is 0. The predicted molar refractivity (Wildman–Crippen MR) is 83.4 cm³/mol. The smallest absolute Gasteiger partial charge is 0.255 e. The van der Waals surface area contributed by atoms with Crippen molar-refractivity contribution < 1.29 is 9.47 Å². The Morgan fingerprint density at radius 3 is 2.73 bits per heavy atom. The van der Waals surface area contributed by atoms with Gasteiger partial charge in [0.25, 0.3) is 5.56 Å². The first-order valence-electron chi connectivity index (χ1n) is 7.15. The van der Waals surface area contributed by atoms with Crippen molar-refractivity contribution in [2.75, 3.05) is 27.8 Å². The molecule has 0 bridgehead atoms. The number of rotatable bonds is 3. The van der Waals surface area contributed by atoms with E-state index >= 15 is 0 Å². The van der Waals surface area contributed by atoms with Crippen LogP contribution >= 0.6 is 0 Å². The molecule has 1 N–H and O–H groups in total. The highest BCUT2D eigenvalue weighted by Crippen LogP contribution is 2.31. The van der Waals surface area contributed by atoms with Crippen LogP contribution in [0.4, 0.5) is 0 Å². The van der Waals surface area contributed by atoms with Gasteiger partial charge in [-0.1, -0.05) is 0 Å². The van der Waals surface area contributed by atoms with E-state index in [-0.39, 0.29) is 5.56 Å². The van der Waals surface area contributed by atoms with Crippen LogP contribution in [0.3, 0.4) is 0 Å². The largest absolute Gasteiger partial charge is 0.493 e. The number of benzene rings is 1. The van der Waals surface area contributed by atoms with Gasteiger partial charge in [-0.25, -0.2) is 4.98 Å². The highest BCUT2D eigenvalue weighted by molar-refractivity contribution is 5.61. The van der Waals surface area contributed by atoms with Gasteiger partial charge in [0.15, 0.2) is 11.5 Å². The predicted octanol–water partition coefficient (Wildman–Crippen LogP) is 1.44. The molecule has 2 heterocycles. The zero-order valence-corrected chi connectivity index (χ0v) is 13.0. The van der Waals surface area contributed by atoms with Crippen LogP contribution in [-0.4, -0.2) is 42.7 Å². The third-order valence-electron chi connectivity index (χ3n) is 3.92. The van der Waals surface area contributed by atoms with Crippen LogP contribution in [0, 0.1) is 0 Å². The molecule has 0 atom stereocenters. The van der Waals surface area contributed by atoms with Crippen LogP contribution < -0.4 is 15.0 Å². The van der Waals surface area contributed by atoms with E-state index in [1.54, 1.807) is 20.3 Å². The standard InChI is InChI=1S/C16H19N3O3/c1-19-7-6-12-11(9-19)16(20)18-15(17-12)10-4-5-13(21-2)14(8-10)22-3/h4-5,8H,6-7,9H2,1-3H3,(H,17,18,20). The van der Waals surface area contributed by atoms with E-state index in [0.717, 1.165) is 29.8 Å². The highest BCUT2D eigenvalue weighted by atomic mass is 16.5. The lowest BCUT2D eigenvalue weighted by molar-refractivity contribution is 0.307. The van der Waals surface area contributed by atoms with Gasteiger partial charge in [0.05, 0.1) is 25.5 Å². The van der Waals surface area contributed by atoms with Crippen LogP contribution in [0.2, 0.25) is 0 Å². The number of aromatic nitrogens is 2. The van der Waals surface area contributed by atoms with E-state index in [2.05, 4.69) is 14.9 Å². The van der Waals surface area contributed by atoms with Crippen LogP contribution in [-0.2, 0) is 13.0 Å². The molecule has 1 aliphatic heterocycles. The molecule has 2 aromatic rings. The van der Waals surface area contributed by atoms with Crippen LogP contribution in [0.5, 0.6) is 11.5 Å². The van der Waals surface area contributed by atoms with E-state index in [4.69, 9.17) is 9.47 Å². The van der Waals surface area contributed by atoms with Gasteiger partial charge in [-0.3, -0.25) is 4.79 Å². The molecule has 0 saturated carbocycles. The van der Waals surface area contributed by atoms with Gasteiger partial charge in [-0.15, -0.1) is 0 Å². The van der Waals surface area contributed by atoms with Crippen molar-refractivity contribution >= 4 is 0 Å². The monoisotopic (exact) mass is 301 g/mol. The molecular formula is C16H19N3O3. The first-order valence-corrected chi connectivity index (χ1v) is 7.15. The number of ether oxygens (including phenoxy) is 2. The lowest BCUT2D eigenvalue weighted by Crippen LogP contribution is -2.33. The first kappa shape index (κ1) is 14.6. The minimum Gasteiger partial charge on any atom is -0.493 e. The maximum absolute atomic E-state index is 12.3. The Balaban J connectivity index is 2.06. The summed E-state index contributed by atoms with van der Waals surface area (Å²) in [6.45, 7) is 1.55. The lowest BCUT2D eigenvalue weighted by atomic mass is 10.1. The lowest BCUT2D eigenvalue weighted by Gasteiger charge is -2.23. The number of nitrogens with zero attached hydrogens (tertiary/aromatic N) is 2. The SMILES string of the molecule is COc1ccc(-c2nc3c(c(=O)[nH]2)CN(C)CC3)cc1OC. The van der Waals surface area contributed by atoms with E-state index in [9.17, 15) is 4.79 Å². The summed E-state index contributed by atoms with van der Waals surface area (Å²) in [5, 5.41) is 0. The Bertz CT molecular complexity index is 755. The molecule has 22 heavy (non-hydrogen) atoms. The van der Waals surface area contributed by atoms with Crippen molar-refractivity contribution in [2.24, 2.45) is 0 Å². The average Bonchev–Trinajstić information content (AvgIpc) is 2.54. The van der Waals surface area contributed by atoms with Gasteiger partial charge in [0, 0.05) is 25.1 Å². The van der Waals surface area contributed by atoms with Crippen molar-refractivity contribution in [1.29, 1.82) is 0 Å². The summed E-state index contributed by atoms with van der Waals surface area (Å²) in [4.78, 5) is 21.9. The Morgan fingerprint density at radius 2 is 2.00 bits per heavy atom. The molecule has 3 rings (SSSR count). The molecule has 1 aromatic heterocycles. The zero-order valence-electron chi connectivity index (χ0n) is 13.0. The Hall–Kier alpha value is -2.34. The molecule has 0 aliphatic carbocycles. The molecule has 0 unspecified atom stereocenters. The van der Waals surface area contributed by atoms with Crippen LogP contribution in [0.1, 0.15) is 11.3 Å². The summed E-state index contributed by atoms with van der Waals surface area (Å²) in [5.74, 6) is 1.82. The second-order valence-corrected chi connectivity index (χ2v) is 5.40. The minimum atomic E-state index is -0.0682. The van der Waals surface area contributed by atoms with Gasteiger partial charge in [0.2, 0.25) is 0 Å². The number of nitrogens with one attached hydrogen (secondary N) is 1. The van der Waals surface area contributed by atoms with Crippen molar-refractivity contribution in [2.45, 2.75) is 13.0 Å². The maximum Gasteiger partial charge on any atom is 0.255 e. The Kier molecular flexibility index (Phi) is 3.85. The fourth-order valence-corrected chi connectivity index (χ4v) is 2.68. The second-order valence-electron chi connectivity index (χ2n) is 5.40. The quantitative estimate of drug-likeness (QED) is 0.929. The van der Waals surface area contributed by atoms with Crippen molar-refractivity contribution in [3.8, 4) is 22.9 Å². The molecule has 116 valence electrons. The van der Waals surface area contributed by atoms with Crippen molar-refractivity contribution in [3.05, 3.63) is 39.8 Å². The van der Waals surface area contributed by atoms with Crippen molar-refractivity contribution in [3.63, 3.8) is 0 Å². The second kappa shape index (κ2) is 5.81. The summed E-state index contributed by atoms with van der Waals surface area (Å²) in [6, 6.07) is 5.49. The normalized spacial score (nSPS) is 14.5. The van der Waals surface area contributed by atoms with Gasteiger partial charge >= 0.3 is 0 Å².